The molecule has 166 valence electrons. The Morgan fingerprint density at radius 1 is 0.939 bits per heavy atom. The van der Waals surface area contributed by atoms with Gasteiger partial charge in [-0.25, -0.2) is 9.50 Å². The molecule has 1 saturated heterocycles. The first kappa shape index (κ1) is 20.8. The van der Waals surface area contributed by atoms with Gasteiger partial charge in [0.15, 0.2) is 0 Å². The van der Waals surface area contributed by atoms with Gasteiger partial charge >= 0.3 is 0 Å². The first-order chi connectivity index (χ1) is 16.2. The number of hydrogen-bond donors (Lipinski definition) is 1. The van der Waals surface area contributed by atoms with E-state index in [0.717, 1.165) is 48.3 Å². The van der Waals surface area contributed by atoms with Crippen molar-refractivity contribution in [2.45, 2.75) is 25.7 Å². The van der Waals surface area contributed by atoms with Crippen molar-refractivity contribution in [3.63, 3.8) is 0 Å². The van der Waals surface area contributed by atoms with E-state index < -0.39 is 0 Å². The van der Waals surface area contributed by atoms with Crippen LogP contribution in [0, 0.1) is 0 Å². The molecule has 1 aliphatic heterocycles. The van der Waals surface area contributed by atoms with Gasteiger partial charge in [-0.3, -0.25) is 14.6 Å². The molecule has 4 aromatic rings. The number of likely N-dealkylation sites (tertiary alicyclic amines) is 1. The second kappa shape index (κ2) is 9.20. The summed E-state index contributed by atoms with van der Waals surface area (Å²) in [6, 6.07) is 13.1. The number of pyridine rings is 3. The summed E-state index contributed by atoms with van der Waals surface area (Å²) in [6.45, 7) is 1.60. The number of carbonyl (C=O) groups excluding carboxylic acids is 2. The van der Waals surface area contributed by atoms with Gasteiger partial charge in [0.05, 0.1) is 29.4 Å². The Kier molecular flexibility index (Phi) is 5.80. The van der Waals surface area contributed by atoms with Gasteiger partial charge in [0.25, 0.3) is 5.91 Å². The van der Waals surface area contributed by atoms with Gasteiger partial charge in [0.1, 0.15) is 5.82 Å². The van der Waals surface area contributed by atoms with Gasteiger partial charge in [-0.2, -0.15) is 5.10 Å². The molecule has 8 heteroatoms. The maximum atomic E-state index is 13.0. The topological polar surface area (TPSA) is 92.5 Å². The third kappa shape index (κ3) is 4.45. The Bertz CT molecular complexity index is 1280. The minimum atomic E-state index is -0.154. The van der Waals surface area contributed by atoms with E-state index in [4.69, 9.17) is 0 Å². The fraction of sp³-hybridized carbons (Fsp3) is 0.240. The van der Waals surface area contributed by atoms with E-state index in [9.17, 15) is 9.59 Å². The molecule has 1 fully saturated rings. The molecule has 0 aliphatic carbocycles. The zero-order chi connectivity index (χ0) is 22.6. The highest BCUT2D eigenvalue weighted by Crippen LogP contribution is 2.24. The van der Waals surface area contributed by atoms with Gasteiger partial charge in [0.2, 0.25) is 5.91 Å². The van der Waals surface area contributed by atoms with Crippen LogP contribution in [0.4, 0.5) is 5.82 Å². The summed E-state index contributed by atoms with van der Waals surface area (Å²) >= 11 is 0. The van der Waals surface area contributed by atoms with Gasteiger partial charge in [-0.1, -0.05) is 12.1 Å². The number of amides is 2. The Morgan fingerprint density at radius 2 is 1.82 bits per heavy atom. The Balaban J connectivity index is 1.34. The van der Waals surface area contributed by atoms with E-state index in [1.807, 2.05) is 35.2 Å². The van der Waals surface area contributed by atoms with Crippen LogP contribution in [0.25, 0.3) is 16.8 Å². The maximum absolute atomic E-state index is 13.0. The standard InChI is InChI=1S/C25H24N6O2/c32-24(14-18-6-5-11-26-15-18)29-23-10-9-19(16-27-23)21-7-4-8-22-20(17-28-31(21)22)25(33)30-12-2-1-3-13-30/h4-11,15-17H,1-3,12-14H2,(H,27,29,32). The molecule has 0 atom stereocenters. The zero-order valence-corrected chi connectivity index (χ0v) is 18.1. The Morgan fingerprint density at radius 3 is 2.58 bits per heavy atom. The highest BCUT2D eigenvalue weighted by molar-refractivity contribution is 6.01. The van der Waals surface area contributed by atoms with Crippen LogP contribution >= 0.6 is 0 Å². The van der Waals surface area contributed by atoms with Crippen molar-refractivity contribution in [2.75, 3.05) is 18.4 Å². The van der Waals surface area contributed by atoms with Crippen LogP contribution in [-0.4, -0.2) is 49.4 Å². The number of piperidine rings is 1. The van der Waals surface area contributed by atoms with E-state index in [0.29, 0.717) is 11.4 Å². The van der Waals surface area contributed by atoms with E-state index in [1.165, 1.54) is 6.42 Å². The summed E-state index contributed by atoms with van der Waals surface area (Å²) in [5.41, 5.74) is 3.90. The first-order valence-electron chi connectivity index (χ1n) is 11.1. The number of carbonyl (C=O) groups is 2. The molecule has 33 heavy (non-hydrogen) atoms. The van der Waals surface area contributed by atoms with Gasteiger partial charge < -0.3 is 10.2 Å². The molecule has 1 N–H and O–H groups in total. The Hall–Kier alpha value is -4.07. The number of anilines is 1. The number of aromatic nitrogens is 4. The lowest BCUT2D eigenvalue weighted by atomic mass is 10.1. The molecule has 5 rings (SSSR count). The van der Waals surface area contributed by atoms with Gasteiger partial charge in [-0.05, 0) is 55.2 Å². The Labute approximate surface area is 191 Å². The van der Waals surface area contributed by atoms with Crippen molar-refractivity contribution in [2.24, 2.45) is 0 Å². The maximum Gasteiger partial charge on any atom is 0.257 e. The molecule has 1 aliphatic rings. The van der Waals surface area contributed by atoms with Crippen LogP contribution in [0.3, 0.4) is 0 Å². The van der Waals surface area contributed by atoms with Gasteiger partial charge in [-0.15, -0.1) is 0 Å². The summed E-state index contributed by atoms with van der Waals surface area (Å²) < 4.78 is 1.77. The lowest BCUT2D eigenvalue weighted by Gasteiger charge is -2.26. The number of rotatable bonds is 5. The molecular formula is C25H24N6O2. The van der Waals surface area contributed by atoms with Crippen molar-refractivity contribution < 1.29 is 9.59 Å². The number of nitrogens with one attached hydrogen (secondary N) is 1. The molecule has 0 bridgehead atoms. The molecule has 0 spiro atoms. The monoisotopic (exact) mass is 440 g/mol. The van der Waals surface area contributed by atoms with Crippen LogP contribution < -0.4 is 5.32 Å². The van der Waals surface area contributed by atoms with Crippen LogP contribution in [0.5, 0.6) is 0 Å². The second-order valence-corrected chi connectivity index (χ2v) is 8.14. The van der Waals surface area contributed by atoms with Crippen LogP contribution in [0.15, 0.2) is 67.3 Å². The molecule has 0 radical (unpaired) electrons. The average Bonchev–Trinajstić information content (AvgIpc) is 3.29. The minimum Gasteiger partial charge on any atom is -0.339 e. The molecule has 4 aromatic heterocycles. The third-order valence-corrected chi connectivity index (χ3v) is 5.83. The van der Waals surface area contributed by atoms with Crippen molar-refractivity contribution in [1.29, 1.82) is 0 Å². The van der Waals surface area contributed by atoms with Crippen molar-refractivity contribution in [3.05, 3.63) is 78.4 Å². The summed E-state index contributed by atoms with van der Waals surface area (Å²) in [6.07, 6.45) is 10.2. The predicted octanol–water partition coefficient (Wildman–Crippen LogP) is 3.60. The third-order valence-electron chi connectivity index (χ3n) is 5.83. The highest BCUT2D eigenvalue weighted by atomic mass is 16.2. The summed E-state index contributed by atoms with van der Waals surface area (Å²) in [4.78, 5) is 35.6. The largest absolute Gasteiger partial charge is 0.339 e. The molecule has 5 heterocycles. The molecule has 0 aromatic carbocycles. The predicted molar refractivity (Wildman–Crippen MR) is 125 cm³/mol. The van der Waals surface area contributed by atoms with Crippen LogP contribution in [-0.2, 0) is 11.2 Å². The first-order valence-corrected chi connectivity index (χ1v) is 11.1. The molecular weight excluding hydrogens is 416 g/mol. The summed E-state index contributed by atoms with van der Waals surface area (Å²) in [7, 11) is 0. The van der Waals surface area contributed by atoms with Crippen molar-refractivity contribution in [3.8, 4) is 11.3 Å². The second-order valence-electron chi connectivity index (χ2n) is 8.14. The van der Waals surface area contributed by atoms with Crippen molar-refractivity contribution >= 4 is 23.1 Å². The molecule has 8 nitrogen and oxygen atoms in total. The summed E-state index contributed by atoms with van der Waals surface area (Å²) in [5.74, 6) is 0.353. The minimum absolute atomic E-state index is 0.0339. The lowest BCUT2D eigenvalue weighted by Crippen LogP contribution is -2.35. The zero-order valence-electron chi connectivity index (χ0n) is 18.1. The fourth-order valence-corrected chi connectivity index (χ4v) is 4.16. The molecule has 0 saturated carbocycles. The highest BCUT2D eigenvalue weighted by Gasteiger charge is 2.22. The summed E-state index contributed by atoms with van der Waals surface area (Å²) in [5, 5.41) is 7.31. The normalized spacial score (nSPS) is 13.8. The van der Waals surface area contributed by atoms with E-state index in [1.54, 1.807) is 41.4 Å². The lowest BCUT2D eigenvalue weighted by molar-refractivity contribution is -0.115. The SMILES string of the molecule is O=C(Cc1cccnc1)Nc1ccc(-c2cccc3c(C(=O)N4CCCCC4)cnn23)cn1. The van der Waals surface area contributed by atoms with E-state index in [-0.39, 0.29) is 18.2 Å². The fourth-order valence-electron chi connectivity index (χ4n) is 4.16. The number of fused-ring (bicyclic) bond motifs is 1. The smallest absolute Gasteiger partial charge is 0.257 e. The van der Waals surface area contributed by atoms with Crippen LogP contribution in [0.2, 0.25) is 0 Å². The van der Waals surface area contributed by atoms with Crippen molar-refractivity contribution in [1.82, 2.24) is 24.5 Å². The van der Waals surface area contributed by atoms with Gasteiger partial charge in [0, 0.05) is 37.2 Å². The molecule has 2 amide bonds. The molecule has 0 unspecified atom stereocenters. The van der Waals surface area contributed by atoms with Crippen LogP contribution in [0.1, 0.15) is 35.2 Å². The number of hydrogen-bond acceptors (Lipinski definition) is 5. The van der Waals surface area contributed by atoms with E-state index >= 15 is 0 Å². The average molecular weight is 441 g/mol. The van der Waals surface area contributed by atoms with E-state index in [2.05, 4.69) is 20.4 Å². The number of nitrogens with zero attached hydrogens (tertiary/aromatic N) is 5. The quantitative estimate of drug-likeness (QED) is 0.512.